The Bertz CT molecular complexity index is 819. The lowest BCUT2D eigenvalue weighted by Crippen LogP contribution is -2.34. The number of likely N-dealkylation sites (tertiary alicyclic amines) is 1. The van der Waals surface area contributed by atoms with E-state index in [2.05, 4.69) is 20.1 Å². The molecule has 4 rings (SSSR count). The van der Waals surface area contributed by atoms with Crippen LogP contribution in [0.2, 0.25) is 0 Å². The van der Waals surface area contributed by atoms with Gasteiger partial charge in [0, 0.05) is 19.3 Å². The lowest BCUT2D eigenvalue weighted by Gasteiger charge is -2.31. The second-order valence-electron chi connectivity index (χ2n) is 6.36. The minimum absolute atomic E-state index is 0.201. The van der Waals surface area contributed by atoms with Crippen molar-refractivity contribution in [3.63, 3.8) is 0 Å². The van der Waals surface area contributed by atoms with Crippen molar-refractivity contribution < 1.29 is 8.81 Å². The molecule has 3 aromatic rings. The SMILES string of the molecule is Fc1ccc(CN2CCCC(c3nnc(-c4ccccn4)o3)C2)cc1. The van der Waals surface area contributed by atoms with Crippen LogP contribution in [0.15, 0.2) is 53.1 Å². The lowest BCUT2D eigenvalue weighted by molar-refractivity contribution is 0.186. The first-order chi connectivity index (χ1) is 12.3. The zero-order valence-corrected chi connectivity index (χ0v) is 13.8. The van der Waals surface area contributed by atoms with Crippen LogP contribution in [0.4, 0.5) is 4.39 Å². The van der Waals surface area contributed by atoms with Crippen LogP contribution in [-0.2, 0) is 6.54 Å². The predicted octanol–water partition coefficient (Wildman–Crippen LogP) is 3.65. The van der Waals surface area contributed by atoms with Crippen LogP contribution in [-0.4, -0.2) is 33.2 Å². The molecule has 1 aliphatic heterocycles. The number of hydrogen-bond donors (Lipinski definition) is 0. The van der Waals surface area contributed by atoms with Crippen molar-refractivity contribution in [3.8, 4) is 11.6 Å². The van der Waals surface area contributed by atoms with Crippen LogP contribution >= 0.6 is 0 Å². The summed E-state index contributed by atoms with van der Waals surface area (Å²) in [5, 5.41) is 8.38. The summed E-state index contributed by atoms with van der Waals surface area (Å²) in [6.45, 7) is 2.69. The van der Waals surface area contributed by atoms with Crippen molar-refractivity contribution in [1.82, 2.24) is 20.1 Å². The number of benzene rings is 1. The van der Waals surface area contributed by atoms with Gasteiger partial charge in [-0.15, -0.1) is 10.2 Å². The van der Waals surface area contributed by atoms with E-state index in [4.69, 9.17) is 4.42 Å². The standard InChI is InChI=1S/C19H19FN4O/c20-16-8-6-14(7-9-16)12-24-11-3-4-15(13-24)18-22-23-19(25-18)17-5-1-2-10-21-17/h1-2,5-10,15H,3-4,11-13H2. The van der Waals surface area contributed by atoms with Crippen LogP contribution in [0.1, 0.15) is 30.2 Å². The minimum Gasteiger partial charge on any atom is -0.419 e. The van der Waals surface area contributed by atoms with Crippen LogP contribution in [0.3, 0.4) is 0 Å². The fraction of sp³-hybridized carbons (Fsp3) is 0.316. The van der Waals surface area contributed by atoms with Crippen LogP contribution in [0.5, 0.6) is 0 Å². The molecule has 6 heteroatoms. The van der Waals surface area contributed by atoms with Crippen molar-refractivity contribution >= 4 is 0 Å². The topological polar surface area (TPSA) is 55.1 Å². The van der Waals surface area contributed by atoms with Gasteiger partial charge in [-0.2, -0.15) is 0 Å². The maximum Gasteiger partial charge on any atom is 0.266 e. The second kappa shape index (κ2) is 7.11. The molecule has 3 heterocycles. The molecule has 0 N–H and O–H groups in total. The number of halogens is 1. The molecule has 0 aliphatic carbocycles. The molecule has 0 radical (unpaired) electrons. The summed E-state index contributed by atoms with van der Waals surface area (Å²) in [7, 11) is 0. The Kier molecular flexibility index (Phi) is 4.52. The van der Waals surface area contributed by atoms with E-state index >= 15 is 0 Å². The van der Waals surface area contributed by atoms with Crippen molar-refractivity contribution in [2.45, 2.75) is 25.3 Å². The fourth-order valence-corrected chi connectivity index (χ4v) is 3.24. The predicted molar refractivity (Wildman–Crippen MR) is 91.2 cm³/mol. The quantitative estimate of drug-likeness (QED) is 0.727. The number of pyridine rings is 1. The molecule has 1 unspecified atom stereocenters. The van der Waals surface area contributed by atoms with Gasteiger partial charge < -0.3 is 4.42 Å². The first kappa shape index (κ1) is 15.9. The Morgan fingerprint density at radius 2 is 2.00 bits per heavy atom. The Morgan fingerprint density at radius 3 is 2.80 bits per heavy atom. The third kappa shape index (κ3) is 3.74. The molecule has 25 heavy (non-hydrogen) atoms. The van der Waals surface area contributed by atoms with E-state index in [1.165, 1.54) is 12.1 Å². The summed E-state index contributed by atoms with van der Waals surface area (Å²) in [4.78, 5) is 6.60. The van der Waals surface area contributed by atoms with Gasteiger partial charge in [0.05, 0.1) is 5.92 Å². The van der Waals surface area contributed by atoms with E-state index in [1.807, 2.05) is 30.3 Å². The smallest absolute Gasteiger partial charge is 0.266 e. The molecule has 0 saturated carbocycles. The molecular formula is C19H19FN4O. The average Bonchev–Trinajstić information content (AvgIpc) is 3.15. The number of nitrogens with zero attached hydrogens (tertiary/aromatic N) is 4. The summed E-state index contributed by atoms with van der Waals surface area (Å²) in [5.41, 5.74) is 1.81. The number of hydrogen-bond acceptors (Lipinski definition) is 5. The van der Waals surface area contributed by atoms with E-state index in [0.717, 1.165) is 38.0 Å². The molecule has 128 valence electrons. The molecule has 5 nitrogen and oxygen atoms in total. The summed E-state index contributed by atoms with van der Waals surface area (Å²) < 4.78 is 18.9. The lowest BCUT2D eigenvalue weighted by atomic mass is 9.97. The molecular weight excluding hydrogens is 319 g/mol. The van der Waals surface area contributed by atoms with Crippen molar-refractivity contribution in [3.05, 3.63) is 65.9 Å². The maximum absolute atomic E-state index is 13.0. The highest BCUT2D eigenvalue weighted by atomic mass is 19.1. The number of piperidine rings is 1. The Labute approximate surface area is 145 Å². The van der Waals surface area contributed by atoms with Gasteiger partial charge in [0.15, 0.2) is 0 Å². The third-order valence-electron chi connectivity index (χ3n) is 4.50. The minimum atomic E-state index is -0.201. The van der Waals surface area contributed by atoms with Crippen LogP contribution in [0, 0.1) is 5.82 Å². The first-order valence-electron chi connectivity index (χ1n) is 8.49. The third-order valence-corrected chi connectivity index (χ3v) is 4.50. The molecule has 0 bridgehead atoms. The van der Waals surface area contributed by atoms with Crippen molar-refractivity contribution in [2.75, 3.05) is 13.1 Å². The van der Waals surface area contributed by atoms with Gasteiger partial charge in [-0.25, -0.2) is 4.39 Å². The molecule has 1 atom stereocenters. The Balaban J connectivity index is 1.44. The molecule has 1 saturated heterocycles. The van der Waals surface area contributed by atoms with E-state index < -0.39 is 0 Å². The van der Waals surface area contributed by atoms with Gasteiger partial charge in [0.2, 0.25) is 5.89 Å². The van der Waals surface area contributed by atoms with Gasteiger partial charge in [-0.3, -0.25) is 9.88 Å². The van der Waals surface area contributed by atoms with Gasteiger partial charge >= 0.3 is 0 Å². The first-order valence-corrected chi connectivity index (χ1v) is 8.49. The zero-order chi connectivity index (χ0) is 17.1. The Morgan fingerprint density at radius 1 is 1.12 bits per heavy atom. The summed E-state index contributed by atoms with van der Waals surface area (Å²) in [5.74, 6) is 1.16. The second-order valence-corrected chi connectivity index (χ2v) is 6.36. The molecule has 1 aromatic carbocycles. The molecule has 2 aromatic heterocycles. The van der Waals surface area contributed by atoms with Gasteiger partial charge in [-0.05, 0) is 49.2 Å². The van der Waals surface area contributed by atoms with Gasteiger partial charge in [0.1, 0.15) is 11.5 Å². The summed E-state index contributed by atoms with van der Waals surface area (Å²) >= 11 is 0. The van der Waals surface area contributed by atoms with Crippen molar-refractivity contribution in [2.24, 2.45) is 0 Å². The highest BCUT2D eigenvalue weighted by Gasteiger charge is 2.26. The normalized spacial score (nSPS) is 18.4. The van der Waals surface area contributed by atoms with Crippen LogP contribution < -0.4 is 0 Å². The van der Waals surface area contributed by atoms with E-state index in [9.17, 15) is 4.39 Å². The summed E-state index contributed by atoms with van der Waals surface area (Å²) in [6, 6.07) is 12.3. The highest BCUT2D eigenvalue weighted by molar-refractivity contribution is 5.45. The van der Waals surface area contributed by atoms with E-state index in [-0.39, 0.29) is 11.7 Å². The molecule has 0 spiro atoms. The van der Waals surface area contributed by atoms with E-state index in [0.29, 0.717) is 17.5 Å². The van der Waals surface area contributed by atoms with Gasteiger partial charge in [0.25, 0.3) is 5.89 Å². The average molecular weight is 338 g/mol. The highest BCUT2D eigenvalue weighted by Crippen LogP contribution is 2.28. The largest absolute Gasteiger partial charge is 0.419 e. The van der Waals surface area contributed by atoms with Gasteiger partial charge in [-0.1, -0.05) is 18.2 Å². The van der Waals surface area contributed by atoms with Crippen molar-refractivity contribution in [1.29, 1.82) is 0 Å². The monoisotopic (exact) mass is 338 g/mol. The number of rotatable bonds is 4. The van der Waals surface area contributed by atoms with Crippen LogP contribution in [0.25, 0.3) is 11.6 Å². The summed E-state index contributed by atoms with van der Waals surface area (Å²) in [6.07, 6.45) is 3.82. The zero-order valence-electron chi connectivity index (χ0n) is 13.8. The number of aromatic nitrogens is 3. The molecule has 1 fully saturated rings. The fourth-order valence-electron chi connectivity index (χ4n) is 3.24. The molecule has 0 amide bonds. The molecule has 1 aliphatic rings. The Hall–Kier alpha value is -2.60. The van der Waals surface area contributed by atoms with E-state index in [1.54, 1.807) is 6.20 Å². The maximum atomic E-state index is 13.0.